The fraction of sp³-hybridized carbons (Fsp3) is 0.238. The third-order valence-corrected chi connectivity index (χ3v) is 4.84. The van der Waals surface area contributed by atoms with Crippen LogP contribution >= 0.6 is 0 Å². The molecular formula is C21H18O4. The van der Waals surface area contributed by atoms with Crippen LogP contribution in [0.2, 0.25) is 0 Å². The van der Waals surface area contributed by atoms with Gasteiger partial charge in [-0.1, -0.05) is 24.3 Å². The molecule has 0 saturated heterocycles. The van der Waals surface area contributed by atoms with Crippen LogP contribution in [-0.2, 0) is 17.6 Å². The second-order valence-corrected chi connectivity index (χ2v) is 6.42. The van der Waals surface area contributed by atoms with E-state index in [0.717, 1.165) is 11.3 Å². The van der Waals surface area contributed by atoms with Gasteiger partial charge >= 0.3 is 0 Å². The SMILES string of the molecule is COc1ccc(C2CC(=O)Cc3c(oc4ccccc4c3=O)C2)cc1. The van der Waals surface area contributed by atoms with Gasteiger partial charge in [0.2, 0.25) is 0 Å². The summed E-state index contributed by atoms with van der Waals surface area (Å²) in [6.07, 6.45) is 1.11. The fourth-order valence-corrected chi connectivity index (χ4v) is 3.52. The lowest BCUT2D eigenvalue weighted by Gasteiger charge is -2.14. The largest absolute Gasteiger partial charge is 0.497 e. The first-order valence-electron chi connectivity index (χ1n) is 8.35. The van der Waals surface area contributed by atoms with Crippen LogP contribution in [0.25, 0.3) is 11.0 Å². The summed E-state index contributed by atoms with van der Waals surface area (Å²) >= 11 is 0. The number of carbonyl (C=O) groups excluding carboxylic acids is 1. The van der Waals surface area contributed by atoms with Crippen LogP contribution in [0.15, 0.2) is 57.7 Å². The quantitative estimate of drug-likeness (QED) is 0.671. The Bertz CT molecular complexity index is 999. The van der Waals surface area contributed by atoms with Gasteiger partial charge in [0, 0.05) is 24.8 Å². The van der Waals surface area contributed by atoms with Crippen LogP contribution in [0.3, 0.4) is 0 Å². The van der Waals surface area contributed by atoms with Crippen molar-refractivity contribution in [3.8, 4) is 5.75 Å². The first-order chi connectivity index (χ1) is 12.2. The van der Waals surface area contributed by atoms with E-state index in [1.54, 1.807) is 19.2 Å². The molecular weight excluding hydrogens is 316 g/mol. The minimum atomic E-state index is -0.0828. The summed E-state index contributed by atoms with van der Waals surface area (Å²) in [5.41, 5.74) is 2.06. The van der Waals surface area contributed by atoms with E-state index < -0.39 is 0 Å². The zero-order valence-corrected chi connectivity index (χ0v) is 14.0. The zero-order valence-electron chi connectivity index (χ0n) is 14.0. The van der Waals surface area contributed by atoms with Crippen molar-refractivity contribution in [3.63, 3.8) is 0 Å². The van der Waals surface area contributed by atoms with Crippen molar-refractivity contribution < 1.29 is 13.9 Å². The average Bonchev–Trinajstić information content (AvgIpc) is 2.81. The number of benzene rings is 2. The molecule has 0 aliphatic heterocycles. The van der Waals surface area contributed by atoms with E-state index in [0.29, 0.717) is 35.1 Å². The third-order valence-electron chi connectivity index (χ3n) is 4.84. The summed E-state index contributed by atoms with van der Waals surface area (Å²) in [4.78, 5) is 25.2. The standard InChI is InChI=1S/C21H18O4/c1-24-16-8-6-13(7-9-16)14-10-15(22)12-18-20(11-14)25-19-5-3-2-4-17(19)21(18)23/h2-9,14H,10-12H2,1H3. The number of para-hydroxylation sites is 1. The Morgan fingerprint density at radius 1 is 1.00 bits per heavy atom. The molecule has 3 aromatic rings. The lowest BCUT2D eigenvalue weighted by molar-refractivity contribution is -0.118. The van der Waals surface area contributed by atoms with Gasteiger partial charge in [-0.25, -0.2) is 0 Å². The summed E-state index contributed by atoms with van der Waals surface area (Å²) in [5.74, 6) is 1.49. The van der Waals surface area contributed by atoms with E-state index in [4.69, 9.17) is 9.15 Å². The number of Topliss-reactive ketones (excluding diaryl/α,β-unsaturated/α-hetero) is 1. The van der Waals surface area contributed by atoms with Crippen molar-refractivity contribution in [3.05, 3.63) is 75.6 Å². The van der Waals surface area contributed by atoms with Gasteiger partial charge in [0.05, 0.1) is 12.5 Å². The maximum absolute atomic E-state index is 12.8. The first kappa shape index (κ1) is 15.6. The molecule has 4 nitrogen and oxygen atoms in total. The molecule has 1 aliphatic carbocycles. The van der Waals surface area contributed by atoms with Crippen LogP contribution < -0.4 is 10.2 Å². The van der Waals surface area contributed by atoms with Crippen LogP contribution in [-0.4, -0.2) is 12.9 Å². The van der Waals surface area contributed by atoms with Gasteiger partial charge in [-0.15, -0.1) is 0 Å². The van der Waals surface area contributed by atoms with Crippen molar-refractivity contribution in [2.75, 3.05) is 7.11 Å². The molecule has 2 aromatic carbocycles. The van der Waals surface area contributed by atoms with Crippen LogP contribution in [0.1, 0.15) is 29.2 Å². The molecule has 0 bridgehead atoms. The number of methoxy groups -OCH3 is 1. The Hall–Kier alpha value is -2.88. The Morgan fingerprint density at radius 3 is 2.52 bits per heavy atom. The second kappa shape index (κ2) is 6.20. The van der Waals surface area contributed by atoms with Gasteiger partial charge in [-0.2, -0.15) is 0 Å². The van der Waals surface area contributed by atoms with Gasteiger partial charge in [0.15, 0.2) is 5.43 Å². The first-order valence-corrected chi connectivity index (χ1v) is 8.35. The molecule has 0 saturated carbocycles. The molecule has 1 aliphatic rings. The van der Waals surface area contributed by atoms with Crippen molar-refractivity contribution in [2.45, 2.75) is 25.2 Å². The minimum Gasteiger partial charge on any atom is -0.497 e. The highest BCUT2D eigenvalue weighted by Crippen LogP contribution is 2.31. The predicted octanol–water partition coefficient (Wildman–Crippen LogP) is 3.64. The second-order valence-electron chi connectivity index (χ2n) is 6.42. The summed E-state index contributed by atoms with van der Waals surface area (Å²) < 4.78 is 11.2. The maximum Gasteiger partial charge on any atom is 0.196 e. The van der Waals surface area contributed by atoms with Gasteiger partial charge < -0.3 is 9.15 Å². The Balaban J connectivity index is 1.80. The van der Waals surface area contributed by atoms with Crippen LogP contribution in [0.5, 0.6) is 5.75 Å². The zero-order chi connectivity index (χ0) is 17.4. The molecule has 1 unspecified atom stereocenters. The normalized spacial score (nSPS) is 17.2. The van der Waals surface area contributed by atoms with Crippen LogP contribution in [0, 0.1) is 0 Å². The third kappa shape index (κ3) is 2.84. The number of rotatable bonds is 2. The molecule has 1 atom stereocenters. The smallest absolute Gasteiger partial charge is 0.196 e. The number of fused-ring (bicyclic) bond motifs is 2. The summed E-state index contributed by atoms with van der Waals surface area (Å²) in [7, 11) is 1.63. The molecule has 1 heterocycles. The van der Waals surface area contributed by atoms with E-state index in [1.807, 2.05) is 36.4 Å². The lowest BCUT2D eigenvalue weighted by Crippen LogP contribution is -2.14. The Labute approximate surface area is 145 Å². The van der Waals surface area contributed by atoms with Gasteiger partial charge in [-0.3, -0.25) is 9.59 Å². The number of ether oxygens (including phenoxy) is 1. The van der Waals surface area contributed by atoms with E-state index in [1.165, 1.54) is 0 Å². The fourth-order valence-electron chi connectivity index (χ4n) is 3.52. The molecule has 0 fully saturated rings. The monoisotopic (exact) mass is 334 g/mol. The Kier molecular flexibility index (Phi) is 3.88. The van der Waals surface area contributed by atoms with Crippen LogP contribution in [0.4, 0.5) is 0 Å². The molecule has 0 amide bonds. The van der Waals surface area contributed by atoms with E-state index >= 15 is 0 Å². The number of hydrogen-bond acceptors (Lipinski definition) is 4. The minimum absolute atomic E-state index is 0.00367. The highest BCUT2D eigenvalue weighted by Gasteiger charge is 2.27. The molecule has 0 spiro atoms. The topological polar surface area (TPSA) is 56.5 Å². The summed E-state index contributed by atoms with van der Waals surface area (Å²) in [6, 6.07) is 14.9. The van der Waals surface area contributed by atoms with E-state index in [2.05, 4.69) is 0 Å². The van der Waals surface area contributed by atoms with Gasteiger partial charge in [0.25, 0.3) is 0 Å². The number of carbonyl (C=O) groups is 1. The van der Waals surface area contributed by atoms with E-state index in [-0.39, 0.29) is 23.6 Å². The highest BCUT2D eigenvalue weighted by atomic mass is 16.5. The number of hydrogen-bond donors (Lipinski definition) is 0. The molecule has 1 aromatic heterocycles. The van der Waals surface area contributed by atoms with E-state index in [9.17, 15) is 9.59 Å². The summed E-state index contributed by atoms with van der Waals surface area (Å²) in [6.45, 7) is 0. The number of ketones is 1. The van der Waals surface area contributed by atoms with Gasteiger partial charge in [0.1, 0.15) is 22.9 Å². The average molecular weight is 334 g/mol. The molecule has 0 radical (unpaired) electrons. The molecule has 4 heteroatoms. The highest BCUT2D eigenvalue weighted by molar-refractivity contribution is 5.85. The predicted molar refractivity (Wildman–Crippen MR) is 95.3 cm³/mol. The summed E-state index contributed by atoms with van der Waals surface area (Å²) in [5, 5.41) is 0.539. The van der Waals surface area contributed by atoms with Gasteiger partial charge in [-0.05, 0) is 35.7 Å². The molecule has 25 heavy (non-hydrogen) atoms. The van der Waals surface area contributed by atoms with Crippen molar-refractivity contribution in [1.29, 1.82) is 0 Å². The van der Waals surface area contributed by atoms with Crippen molar-refractivity contribution >= 4 is 16.8 Å². The molecule has 4 rings (SSSR count). The lowest BCUT2D eigenvalue weighted by atomic mass is 9.91. The maximum atomic E-state index is 12.8. The molecule has 126 valence electrons. The Morgan fingerprint density at radius 2 is 1.76 bits per heavy atom. The van der Waals surface area contributed by atoms with Crippen molar-refractivity contribution in [1.82, 2.24) is 0 Å². The molecule has 0 N–H and O–H groups in total. The van der Waals surface area contributed by atoms with Crippen molar-refractivity contribution in [2.24, 2.45) is 0 Å².